The van der Waals surface area contributed by atoms with Gasteiger partial charge in [0.25, 0.3) is 5.91 Å². The number of thioether (sulfide) groups is 1. The van der Waals surface area contributed by atoms with E-state index in [1.54, 1.807) is 62.8 Å². The van der Waals surface area contributed by atoms with Crippen LogP contribution in [0, 0.1) is 5.82 Å². The summed E-state index contributed by atoms with van der Waals surface area (Å²) in [6.45, 7) is 0.273. The van der Waals surface area contributed by atoms with Crippen molar-refractivity contribution in [2.24, 2.45) is 0 Å². The van der Waals surface area contributed by atoms with Gasteiger partial charge in [-0.2, -0.15) is 0 Å². The number of ether oxygens (including phenoxy) is 3. The largest absolute Gasteiger partial charge is 0.495 e. The van der Waals surface area contributed by atoms with Crippen molar-refractivity contribution in [1.82, 2.24) is 5.32 Å². The summed E-state index contributed by atoms with van der Waals surface area (Å²) in [5, 5.41) is 6.67. The van der Waals surface area contributed by atoms with Gasteiger partial charge in [0.2, 0.25) is 0 Å². The first-order chi connectivity index (χ1) is 16.4. The molecule has 176 valence electrons. The SMILES string of the molecule is COc1ccc(Cl)cc1NC1NC(=O)/C(=C/c2ccc(OCc3ccc(F)cc3)c(OC)c2)S1. The van der Waals surface area contributed by atoms with Gasteiger partial charge in [0, 0.05) is 5.02 Å². The maximum Gasteiger partial charge on any atom is 0.260 e. The number of hydrogen-bond acceptors (Lipinski definition) is 6. The van der Waals surface area contributed by atoms with Crippen molar-refractivity contribution in [1.29, 1.82) is 0 Å². The fourth-order valence-electron chi connectivity index (χ4n) is 3.29. The molecule has 1 unspecified atom stereocenters. The third kappa shape index (κ3) is 5.76. The van der Waals surface area contributed by atoms with E-state index in [4.69, 9.17) is 25.8 Å². The highest BCUT2D eigenvalue weighted by molar-refractivity contribution is 8.05. The molecule has 1 aliphatic heterocycles. The van der Waals surface area contributed by atoms with E-state index in [1.807, 2.05) is 6.07 Å². The van der Waals surface area contributed by atoms with E-state index in [2.05, 4.69) is 10.6 Å². The minimum Gasteiger partial charge on any atom is -0.495 e. The molecule has 1 saturated heterocycles. The van der Waals surface area contributed by atoms with Gasteiger partial charge in [-0.1, -0.05) is 41.6 Å². The lowest BCUT2D eigenvalue weighted by molar-refractivity contribution is -0.116. The van der Waals surface area contributed by atoms with E-state index in [0.29, 0.717) is 32.9 Å². The predicted molar refractivity (Wildman–Crippen MR) is 133 cm³/mol. The Morgan fingerprint density at radius 1 is 1.03 bits per heavy atom. The molecule has 1 atom stereocenters. The second-order valence-electron chi connectivity index (χ2n) is 7.29. The maximum atomic E-state index is 13.1. The Morgan fingerprint density at radius 3 is 2.50 bits per heavy atom. The van der Waals surface area contributed by atoms with Crippen LogP contribution in [0.25, 0.3) is 6.08 Å². The highest BCUT2D eigenvalue weighted by Gasteiger charge is 2.28. The highest BCUT2D eigenvalue weighted by atomic mass is 35.5. The fraction of sp³-hybridized carbons (Fsp3) is 0.160. The minimum atomic E-state index is -0.383. The van der Waals surface area contributed by atoms with Crippen LogP contribution >= 0.6 is 23.4 Å². The van der Waals surface area contributed by atoms with Gasteiger partial charge in [-0.15, -0.1) is 0 Å². The van der Waals surface area contributed by atoms with Crippen LogP contribution < -0.4 is 24.8 Å². The number of anilines is 1. The first-order valence-corrected chi connectivity index (χ1v) is 11.6. The predicted octanol–water partition coefficient (Wildman–Crippen LogP) is 5.67. The van der Waals surface area contributed by atoms with Gasteiger partial charge in [-0.05, 0) is 59.7 Å². The van der Waals surface area contributed by atoms with E-state index in [-0.39, 0.29) is 23.8 Å². The van der Waals surface area contributed by atoms with E-state index < -0.39 is 0 Å². The van der Waals surface area contributed by atoms with Crippen LogP contribution in [0.3, 0.4) is 0 Å². The molecule has 1 aliphatic rings. The van der Waals surface area contributed by atoms with Crippen LogP contribution in [-0.4, -0.2) is 25.6 Å². The molecular weight excluding hydrogens is 479 g/mol. The van der Waals surface area contributed by atoms with Crippen molar-refractivity contribution in [3.8, 4) is 17.2 Å². The quantitative estimate of drug-likeness (QED) is 0.388. The topological polar surface area (TPSA) is 68.8 Å². The summed E-state index contributed by atoms with van der Waals surface area (Å²) in [7, 11) is 3.12. The maximum absolute atomic E-state index is 13.1. The molecule has 1 heterocycles. The third-order valence-electron chi connectivity index (χ3n) is 4.97. The summed E-state index contributed by atoms with van der Waals surface area (Å²) in [6, 6.07) is 16.8. The first kappa shape index (κ1) is 23.8. The smallest absolute Gasteiger partial charge is 0.260 e. The van der Waals surface area contributed by atoms with E-state index in [1.165, 1.54) is 23.9 Å². The molecule has 9 heteroatoms. The van der Waals surface area contributed by atoms with Gasteiger partial charge in [0.1, 0.15) is 18.2 Å². The molecule has 0 saturated carbocycles. The number of carbonyl (C=O) groups excluding carboxylic acids is 1. The van der Waals surface area contributed by atoms with Crippen LogP contribution in [0.4, 0.5) is 10.1 Å². The van der Waals surface area contributed by atoms with Crippen molar-refractivity contribution < 1.29 is 23.4 Å². The Balaban J connectivity index is 1.45. The number of benzene rings is 3. The summed E-state index contributed by atoms with van der Waals surface area (Å²) in [4.78, 5) is 13.1. The molecule has 3 aromatic rings. The molecule has 0 aliphatic carbocycles. The van der Waals surface area contributed by atoms with Crippen LogP contribution in [0.15, 0.2) is 65.6 Å². The van der Waals surface area contributed by atoms with Crippen molar-refractivity contribution in [2.45, 2.75) is 12.1 Å². The zero-order chi connectivity index (χ0) is 24.1. The molecule has 6 nitrogen and oxygen atoms in total. The van der Waals surface area contributed by atoms with E-state index in [9.17, 15) is 9.18 Å². The number of carbonyl (C=O) groups is 1. The molecule has 1 fully saturated rings. The second-order valence-corrected chi connectivity index (χ2v) is 8.88. The Kier molecular flexibility index (Phi) is 7.49. The zero-order valence-electron chi connectivity index (χ0n) is 18.4. The minimum absolute atomic E-state index is 0.195. The van der Waals surface area contributed by atoms with Gasteiger partial charge in [-0.25, -0.2) is 4.39 Å². The Bertz CT molecular complexity index is 1220. The van der Waals surface area contributed by atoms with Gasteiger partial charge in [-0.3, -0.25) is 4.79 Å². The summed E-state index contributed by atoms with van der Waals surface area (Å²) >= 11 is 7.44. The number of methoxy groups -OCH3 is 2. The normalized spacial score (nSPS) is 16.3. The molecule has 0 radical (unpaired) electrons. The molecule has 1 amide bonds. The van der Waals surface area contributed by atoms with Gasteiger partial charge in [0.15, 0.2) is 17.0 Å². The third-order valence-corrected chi connectivity index (χ3v) is 6.24. The number of rotatable bonds is 8. The number of halogens is 2. The average Bonchev–Trinajstić information content (AvgIpc) is 3.17. The lowest BCUT2D eigenvalue weighted by atomic mass is 10.2. The van der Waals surface area contributed by atoms with E-state index >= 15 is 0 Å². The van der Waals surface area contributed by atoms with Crippen LogP contribution in [-0.2, 0) is 11.4 Å². The van der Waals surface area contributed by atoms with Crippen molar-refractivity contribution in [3.63, 3.8) is 0 Å². The lowest BCUT2D eigenvalue weighted by Gasteiger charge is -2.15. The standard InChI is InChI=1S/C25H22ClFN2O4S/c1-31-20-10-6-17(26)13-19(20)28-25-29-24(30)23(34-25)12-16-5-9-21(22(11-16)32-2)33-14-15-3-7-18(27)8-4-15/h3-13,25,28H,14H2,1-2H3,(H,29,30)/b23-12-. The average molecular weight is 501 g/mol. The number of nitrogens with one attached hydrogen (secondary N) is 2. The number of amides is 1. The number of hydrogen-bond donors (Lipinski definition) is 2. The summed E-state index contributed by atoms with van der Waals surface area (Å²) < 4.78 is 29.7. The molecule has 2 N–H and O–H groups in total. The van der Waals surface area contributed by atoms with Crippen molar-refractivity contribution in [2.75, 3.05) is 19.5 Å². The Hall–Kier alpha value is -3.36. The second kappa shape index (κ2) is 10.7. The first-order valence-electron chi connectivity index (χ1n) is 10.3. The summed E-state index contributed by atoms with van der Waals surface area (Å²) in [5.41, 5.74) is 1.91. The molecule has 0 aromatic heterocycles. The zero-order valence-corrected chi connectivity index (χ0v) is 20.0. The van der Waals surface area contributed by atoms with Gasteiger partial charge < -0.3 is 24.8 Å². The fourth-order valence-corrected chi connectivity index (χ4v) is 4.43. The van der Waals surface area contributed by atoms with Crippen molar-refractivity contribution in [3.05, 3.63) is 87.5 Å². The molecule has 34 heavy (non-hydrogen) atoms. The van der Waals surface area contributed by atoms with Gasteiger partial charge in [0.05, 0.1) is 24.8 Å². The van der Waals surface area contributed by atoms with E-state index in [0.717, 1.165) is 11.1 Å². The Morgan fingerprint density at radius 2 is 1.76 bits per heavy atom. The molecule has 4 rings (SSSR count). The van der Waals surface area contributed by atoms with Crippen LogP contribution in [0.2, 0.25) is 5.02 Å². The van der Waals surface area contributed by atoms with Crippen molar-refractivity contribution >= 4 is 41.0 Å². The molecule has 0 bridgehead atoms. The molecule has 3 aromatic carbocycles. The highest BCUT2D eigenvalue weighted by Crippen LogP contribution is 2.35. The summed E-state index contributed by atoms with van der Waals surface area (Å²) in [5.74, 6) is 1.21. The Labute approximate surface area is 206 Å². The monoisotopic (exact) mass is 500 g/mol. The van der Waals surface area contributed by atoms with Gasteiger partial charge >= 0.3 is 0 Å². The molecular formula is C25H22ClFN2O4S. The van der Waals surface area contributed by atoms with Crippen LogP contribution in [0.1, 0.15) is 11.1 Å². The summed E-state index contributed by atoms with van der Waals surface area (Å²) in [6.07, 6.45) is 1.78. The lowest BCUT2D eigenvalue weighted by Crippen LogP contribution is -2.31. The molecule has 0 spiro atoms. The van der Waals surface area contributed by atoms with Crippen LogP contribution in [0.5, 0.6) is 17.2 Å².